The number of halogens is 3. The molecule has 0 bridgehead atoms. The normalized spacial score (nSPS) is 12.0. The molecule has 0 saturated carbocycles. The Bertz CT molecular complexity index is 756. The predicted octanol–water partition coefficient (Wildman–Crippen LogP) is 3.69. The van der Waals surface area contributed by atoms with Crippen molar-refractivity contribution < 1.29 is 26.3 Å². The van der Waals surface area contributed by atoms with Gasteiger partial charge in [-0.25, -0.2) is 8.42 Å². The lowest BCUT2D eigenvalue weighted by atomic mass is 10.2. The second-order valence-electron chi connectivity index (χ2n) is 4.49. The lowest BCUT2D eigenvalue weighted by molar-refractivity contribution is -0.274. The largest absolute Gasteiger partial charge is 0.573 e. The number of hydrogen-bond acceptors (Lipinski definition) is 3. The summed E-state index contributed by atoms with van der Waals surface area (Å²) in [5, 5.41) is 0. The van der Waals surface area contributed by atoms with Crippen LogP contribution in [0.15, 0.2) is 53.4 Å². The number of anilines is 1. The fraction of sp³-hybridized carbons (Fsp3) is 0.143. The lowest BCUT2D eigenvalue weighted by Gasteiger charge is -2.11. The van der Waals surface area contributed by atoms with Gasteiger partial charge < -0.3 is 4.74 Å². The molecule has 4 nitrogen and oxygen atoms in total. The summed E-state index contributed by atoms with van der Waals surface area (Å²) >= 11 is 0. The van der Waals surface area contributed by atoms with Gasteiger partial charge in [0.15, 0.2) is 0 Å². The van der Waals surface area contributed by atoms with E-state index < -0.39 is 22.1 Å². The Morgan fingerprint density at radius 3 is 2.27 bits per heavy atom. The molecule has 1 N–H and O–H groups in total. The highest BCUT2D eigenvalue weighted by molar-refractivity contribution is 7.92. The van der Waals surface area contributed by atoms with Crippen molar-refractivity contribution in [3.05, 3.63) is 54.1 Å². The molecule has 0 spiro atoms. The van der Waals surface area contributed by atoms with E-state index in [4.69, 9.17) is 0 Å². The molecule has 0 aliphatic carbocycles. The van der Waals surface area contributed by atoms with Crippen LogP contribution in [-0.4, -0.2) is 14.8 Å². The molecule has 22 heavy (non-hydrogen) atoms. The molecule has 0 saturated heterocycles. The Kier molecular flexibility index (Phi) is 4.32. The Hall–Kier alpha value is -2.22. The monoisotopic (exact) mass is 331 g/mol. The number of sulfonamides is 1. The predicted molar refractivity (Wildman–Crippen MR) is 75.1 cm³/mol. The van der Waals surface area contributed by atoms with Crippen LogP contribution in [0.25, 0.3) is 0 Å². The molecule has 0 amide bonds. The van der Waals surface area contributed by atoms with Gasteiger partial charge in [-0.05, 0) is 31.2 Å². The van der Waals surface area contributed by atoms with Gasteiger partial charge in [-0.1, -0.05) is 23.8 Å². The van der Waals surface area contributed by atoms with E-state index in [2.05, 4.69) is 9.46 Å². The quantitative estimate of drug-likeness (QED) is 0.929. The number of benzene rings is 2. The van der Waals surface area contributed by atoms with Crippen molar-refractivity contribution in [1.82, 2.24) is 0 Å². The molecule has 0 aliphatic rings. The number of nitrogens with one attached hydrogen (secondary N) is 1. The third kappa shape index (κ3) is 4.39. The maximum atomic E-state index is 12.2. The van der Waals surface area contributed by atoms with Crippen LogP contribution in [0.1, 0.15) is 5.56 Å². The van der Waals surface area contributed by atoms with Gasteiger partial charge in [-0.3, -0.25) is 4.72 Å². The van der Waals surface area contributed by atoms with Crippen molar-refractivity contribution in [2.75, 3.05) is 4.72 Å². The van der Waals surface area contributed by atoms with E-state index in [1.807, 2.05) is 6.92 Å². The second-order valence-corrected chi connectivity index (χ2v) is 6.18. The number of hydrogen-bond donors (Lipinski definition) is 1. The Morgan fingerprint density at radius 2 is 1.68 bits per heavy atom. The third-order valence-corrected chi connectivity index (χ3v) is 4.03. The van der Waals surface area contributed by atoms with Crippen LogP contribution in [0.3, 0.4) is 0 Å². The second kappa shape index (κ2) is 5.88. The Balaban J connectivity index is 2.25. The first-order chi connectivity index (χ1) is 10.2. The van der Waals surface area contributed by atoms with Gasteiger partial charge in [0.05, 0.1) is 4.90 Å². The SMILES string of the molecule is Cc1ccc(NS(=O)(=O)c2cccc(OC(F)(F)F)c2)cc1. The summed E-state index contributed by atoms with van der Waals surface area (Å²) in [6.07, 6.45) is -4.88. The average molecular weight is 331 g/mol. The maximum absolute atomic E-state index is 12.2. The van der Waals surface area contributed by atoms with Gasteiger partial charge in [0.2, 0.25) is 0 Å². The molecule has 0 aromatic heterocycles. The highest BCUT2D eigenvalue weighted by Crippen LogP contribution is 2.25. The van der Waals surface area contributed by atoms with E-state index >= 15 is 0 Å². The van der Waals surface area contributed by atoms with Gasteiger partial charge in [-0.2, -0.15) is 0 Å². The van der Waals surface area contributed by atoms with Crippen LogP contribution in [0.4, 0.5) is 18.9 Å². The van der Waals surface area contributed by atoms with E-state index in [0.717, 1.165) is 17.7 Å². The fourth-order valence-corrected chi connectivity index (χ4v) is 2.77. The highest BCUT2D eigenvalue weighted by atomic mass is 32.2. The zero-order valence-electron chi connectivity index (χ0n) is 11.4. The molecular weight excluding hydrogens is 319 g/mol. The smallest absolute Gasteiger partial charge is 0.406 e. The first-order valence-corrected chi connectivity index (χ1v) is 7.59. The molecule has 8 heteroatoms. The molecule has 0 radical (unpaired) electrons. The zero-order chi connectivity index (χ0) is 16.4. The topological polar surface area (TPSA) is 55.4 Å². The minimum atomic E-state index is -4.88. The summed E-state index contributed by atoms with van der Waals surface area (Å²) in [6.45, 7) is 1.84. The molecule has 0 heterocycles. The van der Waals surface area contributed by atoms with Crippen molar-refractivity contribution in [2.24, 2.45) is 0 Å². The molecule has 0 aliphatic heterocycles. The van der Waals surface area contributed by atoms with Gasteiger partial charge in [0.1, 0.15) is 5.75 Å². The van der Waals surface area contributed by atoms with Gasteiger partial charge in [0.25, 0.3) is 10.0 Å². The van der Waals surface area contributed by atoms with Gasteiger partial charge in [0, 0.05) is 11.8 Å². The highest BCUT2D eigenvalue weighted by Gasteiger charge is 2.31. The van der Waals surface area contributed by atoms with Crippen LogP contribution in [0, 0.1) is 6.92 Å². The van der Waals surface area contributed by atoms with E-state index in [1.54, 1.807) is 24.3 Å². The summed E-state index contributed by atoms with van der Waals surface area (Å²) in [6, 6.07) is 10.7. The third-order valence-electron chi connectivity index (χ3n) is 2.65. The molecule has 2 aromatic rings. The molecule has 2 aromatic carbocycles. The van der Waals surface area contributed by atoms with Crippen LogP contribution in [-0.2, 0) is 10.0 Å². The molecule has 0 unspecified atom stereocenters. The number of aryl methyl sites for hydroxylation is 1. The lowest BCUT2D eigenvalue weighted by Crippen LogP contribution is -2.18. The summed E-state index contributed by atoms with van der Waals surface area (Å²) in [4.78, 5) is -0.324. The first kappa shape index (κ1) is 16.2. The minimum absolute atomic E-state index is 0.313. The Morgan fingerprint density at radius 1 is 1.05 bits per heavy atom. The van der Waals surface area contributed by atoms with E-state index in [0.29, 0.717) is 5.69 Å². The van der Waals surface area contributed by atoms with Crippen LogP contribution >= 0.6 is 0 Å². The van der Waals surface area contributed by atoms with Crippen LogP contribution in [0.2, 0.25) is 0 Å². The first-order valence-electron chi connectivity index (χ1n) is 6.11. The van der Waals surface area contributed by atoms with Crippen molar-refractivity contribution in [3.8, 4) is 5.75 Å². The van der Waals surface area contributed by atoms with Crippen molar-refractivity contribution in [2.45, 2.75) is 18.2 Å². The van der Waals surface area contributed by atoms with E-state index in [9.17, 15) is 21.6 Å². The molecule has 118 valence electrons. The van der Waals surface area contributed by atoms with Crippen LogP contribution < -0.4 is 9.46 Å². The molecule has 2 rings (SSSR count). The molecule has 0 fully saturated rings. The summed E-state index contributed by atoms with van der Waals surface area (Å²) in [5.74, 6) is -0.598. The number of ether oxygens (including phenoxy) is 1. The summed E-state index contributed by atoms with van der Waals surface area (Å²) in [7, 11) is -4.00. The number of alkyl halides is 3. The molecular formula is C14H12F3NO3S. The van der Waals surface area contributed by atoms with Crippen molar-refractivity contribution >= 4 is 15.7 Å². The average Bonchev–Trinajstić information content (AvgIpc) is 2.40. The minimum Gasteiger partial charge on any atom is -0.406 e. The van der Waals surface area contributed by atoms with Crippen LogP contribution in [0.5, 0.6) is 5.75 Å². The molecule has 0 atom stereocenters. The zero-order valence-corrected chi connectivity index (χ0v) is 12.2. The Labute approximate surface area is 125 Å². The van der Waals surface area contributed by atoms with Gasteiger partial charge >= 0.3 is 6.36 Å². The van der Waals surface area contributed by atoms with Crippen molar-refractivity contribution in [1.29, 1.82) is 0 Å². The fourth-order valence-electron chi connectivity index (χ4n) is 1.67. The van der Waals surface area contributed by atoms with E-state index in [-0.39, 0.29) is 4.90 Å². The number of rotatable bonds is 4. The standard InChI is InChI=1S/C14H12F3NO3S/c1-10-5-7-11(8-6-10)18-22(19,20)13-4-2-3-12(9-13)21-14(15,16)17/h2-9,18H,1H3. The van der Waals surface area contributed by atoms with E-state index in [1.165, 1.54) is 12.1 Å². The summed E-state index contributed by atoms with van der Waals surface area (Å²) < 4.78 is 66.8. The summed E-state index contributed by atoms with van der Waals surface area (Å²) in [5.41, 5.74) is 1.26. The van der Waals surface area contributed by atoms with Gasteiger partial charge in [-0.15, -0.1) is 13.2 Å². The maximum Gasteiger partial charge on any atom is 0.573 e. The van der Waals surface area contributed by atoms with Crippen molar-refractivity contribution in [3.63, 3.8) is 0 Å².